The number of carboxylic acids is 1. The summed E-state index contributed by atoms with van der Waals surface area (Å²) in [6.45, 7) is 3.49. The highest BCUT2D eigenvalue weighted by atomic mass is 16.4. The predicted molar refractivity (Wildman–Crippen MR) is 72.2 cm³/mol. The lowest BCUT2D eigenvalue weighted by Crippen LogP contribution is -2.56. The van der Waals surface area contributed by atoms with E-state index < -0.39 is 17.6 Å². The minimum absolute atomic E-state index is 0.229. The van der Waals surface area contributed by atoms with E-state index in [9.17, 15) is 14.7 Å². The first kappa shape index (κ1) is 13.5. The molecular weight excluding hydrogens is 244 g/mol. The van der Waals surface area contributed by atoms with Gasteiger partial charge in [-0.3, -0.25) is 9.69 Å². The Hall–Kier alpha value is -1.88. The molecule has 1 aliphatic rings. The first-order valence-electron chi connectivity index (χ1n) is 6.22. The zero-order chi connectivity index (χ0) is 14.2. The summed E-state index contributed by atoms with van der Waals surface area (Å²) in [7, 11) is 1.69. The van der Waals surface area contributed by atoms with Gasteiger partial charge in [0, 0.05) is 12.1 Å². The lowest BCUT2D eigenvalue weighted by molar-refractivity contribution is -0.140. The highest BCUT2D eigenvalue weighted by Gasteiger charge is 2.42. The van der Waals surface area contributed by atoms with Crippen molar-refractivity contribution in [2.75, 3.05) is 11.9 Å². The summed E-state index contributed by atoms with van der Waals surface area (Å²) in [6, 6.07) is 6.51. The van der Waals surface area contributed by atoms with Gasteiger partial charge in [0.15, 0.2) is 0 Å². The van der Waals surface area contributed by atoms with Crippen LogP contribution < -0.4 is 10.2 Å². The van der Waals surface area contributed by atoms with Crippen LogP contribution in [0, 0.1) is 0 Å². The smallest absolute Gasteiger partial charge is 0.327 e. The van der Waals surface area contributed by atoms with Crippen molar-refractivity contribution < 1.29 is 14.7 Å². The number of carboxylic acid groups (broad SMARTS) is 1. The van der Waals surface area contributed by atoms with Crippen LogP contribution in [0.1, 0.15) is 19.4 Å². The zero-order valence-electron chi connectivity index (χ0n) is 11.3. The van der Waals surface area contributed by atoms with E-state index in [2.05, 4.69) is 5.32 Å². The minimum atomic E-state index is -0.976. The minimum Gasteiger partial charge on any atom is -0.480 e. The van der Waals surface area contributed by atoms with Gasteiger partial charge in [0.05, 0.1) is 5.54 Å². The van der Waals surface area contributed by atoms with Gasteiger partial charge >= 0.3 is 5.97 Å². The fourth-order valence-corrected chi connectivity index (χ4v) is 2.24. The van der Waals surface area contributed by atoms with E-state index >= 15 is 0 Å². The number of carbonyl (C=O) groups is 2. The summed E-state index contributed by atoms with van der Waals surface area (Å²) in [6.07, 6.45) is 0.358. The number of carbonyl (C=O) groups excluding carboxylic acids is 1. The molecule has 0 aromatic heterocycles. The Bertz CT molecular complexity index is 525. The fraction of sp³-hybridized carbons (Fsp3) is 0.429. The number of hydrogen-bond donors (Lipinski definition) is 2. The first-order chi connectivity index (χ1) is 8.88. The monoisotopic (exact) mass is 262 g/mol. The van der Waals surface area contributed by atoms with Crippen LogP contribution in [-0.2, 0) is 16.0 Å². The Morgan fingerprint density at radius 2 is 2.00 bits per heavy atom. The van der Waals surface area contributed by atoms with Crippen LogP contribution in [0.4, 0.5) is 5.69 Å². The molecule has 19 heavy (non-hydrogen) atoms. The number of aliphatic carboxylic acids is 1. The summed E-state index contributed by atoms with van der Waals surface area (Å²) in [5.74, 6) is -1.20. The average molecular weight is 262 g/mol. The molecule has 1 aromatic carbocycles. The highest BCUT2D eigenvalue weighted by Crippen LogP contribution is 2.33. The van der Waals surface area contributed by atoms with Crippen molar-refractivity contribution >= 4 is 17.6 Å². The third-order valence-electron chi connectivity index (χ3n) is 3.64. The van der Waals surface area contributed by atoms with Gasteiger partial charge in [-0.05, 0) is 32.5 Å². The second-order valence-corrected chi connectivity index (χ2v) is 5.24. The van der Waals surface area contributed by atoms with Crippen molar-refractivity contribution in [3.8, 4) is 0 Å². The van der Waals surface area contributed by atoms with Crippen molar-refractivity contribution in [1.82, 2.24) is 5.32 Å². The third kappa shape index (κ3) is 2.21. The van der Waals surface area contributed by atoms with Crippen LogP contribution in [0.2, 0.25) is 0 Å². The van der Waals surface area contributed by atoms with Crippen LogP contribution >= 0.6 is 0 Å². The van der Waals surface area contributed by atoms with Gasteiger partial charge in [-0.1, -0.05) is 18.2 Å². The summed E-state index contributed by atoms with van der Waals surface area (Å²) < 4.78 is 0. The predicted octanol–water partition coefficient (Wildman–Crippen LogP) is 1.03. The Labute approximate surface area is 112 Å². The number of amides is 1. The van der Waals surface area contributed by atoms with E-state index in [4.69, 9.17) is 0 Å². The van der Waals surface area contributed by atoms with E-state index in [0.29, 0.717) is 12.1 Å². The van der Waals surface area contributed by atoms with Gasteiger partial charge < -0.3 is 10.4 Å². The second kappa shape index (κ2) is 4.66. The van der Waals surface area contributed by atoms with Crippen LogP contribution in [0.3, 0.4) is 0 Å². The Morgan fingerprint density at radius 1 is 1.37 bits per heavy atom. The third-order valence-corrected chi connectivity index (χ3v) is 3.64. The molecule has 0 fully saturated rings. The maximum Gasteiger partial charge on any atom is 0.327 e. The molecule has 2 rings (SSSR count). The van der Waals surface area contributed by atoms with Crippen molar-refractivity contribution in [1.29, 1.82) is 0 Å². The number of benzene rings is 1. The molecule has 1 heterocycles. The molecule has 1 unspecified atom stereocenters. The van der Waals surface area contributed by atoms with Crippen LogP contribution in [0.15, 0.2) is 24.3 Å². The summed E-state index contributed by atoms with van der Waals surface area (Å²) >= 11 is 0. The van der Waals surface area contributed by atoms with E-state index in [1.54, 1.807) is 27.0 Å². The van der Waals surface area contributed by atoms with Gasteiger partial charge in [0.2, 0.25) is 5.91 Å². The molecule has 1 aliphatic heterocycles. The number of likely N-dealkylation sites (N-methyl/N-ethyl adjacent to an activating group) is 1. The SMILES string of the molecule is CNC(C)(C)C(=O)N1c2ccccc2CC1C(=O)O. The lowest BCUT2D eigenvalue weighted by Gasteiger charge is -2.31. The van der Waals surface area contributed by atoms with Gasteiger partial charge in [0.25, 0.3) is 0 Å². The van der Waals surface area contributed by atoms with Gasteiger partial charge in [-0.15, -0.1) is 0 Å². The highest BCUT2D eigenvalue weighted by molar-refractivity contribution is 6.06. The molecule has 102 valence electrons. The van der Waals surface area contributed by atoms with E-state index in [1.165, 1.54) is 4.90 Å². The number of nitrogens with zero attached hydrogens (tertiary/aromatic N) is 1. The van der Waals surface area contributed by atoms with Crippen molar-refractivity contribution in [3.63, 3.8) is 0 Å². The molecule has 1 atom stereocenters. The number of fused-ring (bicyclic) bond motifs is 1. The van der Waals surface area contributed by atoms with E-state index in [1.807, 2.05) is 18.2 Å². The molecule has 1 aromatic rings. The summed E-state index contributed by atoms with van der Waals surface area (Å²) in [4.78, 5) is 25.4. The van der Waals surface area contributed by atoms with E-state index in [0.717, 1.165) is 5.56 Å². The number of nitrogens with one attached hydrogen (secondary N) is 1. The number of para-hydroxylation sites is 1. The topological polar surface area (TPSA) is 69.6 Å². The summed E-state index contributed by atoms with van der Waals surface area (Å²) in [5.41, 5.74) is 0.795. The Kier molecular flexibility index (Phi) is 3.32. The van der Waals surface area contributed by atoms with Crippen LogP contribution in [0.5, 0.6) is 0 Å². The van der Waals surface area contributed by atoms with Crippen molar-refractivity contribution in [2.24, 2.45) is 0 Å². The van der Waals surface area contributed by atoms with Gasteiger partial charge in [0.1, 0.15) is 6.04 Å². The number of hydrogen-bond acceptors (Lipinski definition) is 3. The van der Waals surface area contributed by atoms with Crippen LogP contribution in [0.25, 0.3) is 0 Å². The van der Waals surface area contributed by atoms with Crippen molar-refractivity contribution in [3.05, 3.63) is 29.8 Å². The summed E-state index contributed by atoms with van der Waals surface area (Å²) in [5, 5.41) is 12.3. The molecule has 2 N–H and O–H groups in total. The molecule has 1 amide bonds. The number of rotatable bonds is 3. The molecule has 0 aliphatic carbocycles. The average Bonchev–Trinajstić information content (AvgIpc) is 2.77. The molecule has 0 radical (unpaired) electrons. The standard InChI is InChI=1S/C14H18N2O3/c1-14(2,15-3)13(19)16-10-7-5-4-6-9(10)8-11(16)12(17)18/h4-7,11,15H,8H2,1-3H3,(H,17,18). The Balaban J connectivity index is 2.45. The van der Waals surface area contributed by atoms with Crippen molar-refractivity contribution in [2.45, 2.75) is 31.8 Å². The number of anilines is 1. The van der Waals surface area contributed by atoms with Crippen LogP contribution in [-0.4, -0.2) is 35.6 Å². The largest absolute Gasteiger partial charge is 0.480 e. The molecule has 0 spiro atoms. The Morgan fingerprint density at radius 3 is 2.58 bits per heavy atom. The lowest BCUT2D eigenvalue weighted by atomic mass is 10.0. The maximum atomic E-state index is 12.6. The molecular formula is C14H18N2O3. The first-order valence-corrected chi connectivity index (χ1v) is 6.22. The molecule has 0 bridgehead atoms. The van der Waals surface area contributed by atoms with Gasteiger partial charge in [-0.2, -0.15) is 0 Å². The molecule has 5 heteroatoms. The molecule has 0 saturated heterocycles. The second-order valence-electron chi connectivity index (χ2n) is 5.24. The van der Waals surface area contributed by atoms with E-state index in [-0.39, 0.29) is 5.91 Å². The maximum absolute atomic E-state index is 12.6. The quantitative estimate of drug-likeness (QED) is 0.853. The molecule has 5 nitrogen and oxygen atoms in total. The fourth-order valence-electron chi connectivity index (χ4n) is 2.24. The molecule has 0 saturated carbocycles. The zero-order valence-corrected chi connectivity index (χ0v) is 11.3. The van der Waals surface area contributed by atoms with Gasteiger partial charge in [-0.25, -0.2) is 4.79 Å². The normalized spacial score (nSPS) is 18.3.